The third-order valence-electron chi connectivity index (χ3n) is 3.26. The molecule has 22 heavy (non-hydrogen) atoms. The summed E-state index contributed by atoms with van der Waals surface area (Å²) in [5, 5.41) is 4.27. The molecule has 1 aliphatic rings. The van der Waals surface area contributed by atoms with Gasteiger partial charge in [0.25, 0.3) is 11.7 Å². The molecule has 0 bridgehead atoms. The van der Waals surface area contributed by atoms with Crippen LogP contribution in [0.25, 0.3) is 0 Å². The van der Waals surface area contributed by atoms with E-state index in [1.54, 1.807) is 4.90 Å². The monoisotopic (exact) mass is 311 g/mol. The number of hydrogen-bond acceptors (Lipinski definition) is 4. The van der Waals surface area contributed by atoms with E-state index < -0.39 is 23.3 Å². The maximum Gasteiger partial charge on any atom is 0.298 e. The van der Waals surface area contributed by atoms with Crippen LogP contribution in [0.5, 0.6) is 0 Å². The maximum absolute atomic E-state index is 13.1. The maximum atomic E-state index is 13.1. The topological polar surface area (TPSA) is 92.0 Å². The van der Waals surface area contributed by atoms with E-state index in [4.69, 9.17) is 5.73 Å². The molecule has 1 aromatic carbocycles. The van der Waals surface area contributed by atoms with Crippen molar-refractivity contribution in [2.45, 2.75) is 0 Å². The van der Waals surface area contributed by atoms with Crippen molar-refractivity contribution in [3.63, 3.8) is 0 Å². The molecule has 5 N–H and O–H groups in total. The highest BCUT2D eigenvalue weighted by atomic mass is 19.1. The Morgan fingerprint density at radius 2 is 1.77 bits per heavy atom. The Hall–Kier alpha value is -2.48. The van der Waals surface area contributed by atoms with E-state index in [0.29, 0.717) is 19.2 Å². The summed E-state index contributed by atoms with van der Waals surface area (Å²) in [5.74, 6) is -3.52. The van der Waals surface area contributed by atoms with Crippen molar-refractivity contribution >= 4 is 17.4 Å². The van der Waals surface area contributed by atoms with Crippen molar-refractivity contribution < 1.29 is 23.7 Å². The first-order chi connectivity index (χ1) is 10.5. The fraction of sp³-hybridized carbons (Fsp3) is 0.286. The number of quaternary nitrogens is 1. The van der Waals surface area contributed by atoms with Crippen LogP contribution in [0.2, 0.25) is 0 Å². The van der Waals surface area contributed by atoms with E-state index in [-0.39, 0.29) is 11.4 Å². The van der Waals surface area contributed by atoms with E-state index in [9.17, 15) is 18.4 Å². The molecule has 0 saturated carbocycles. The summed E-state index contributed by atoms with van der Waals surface area (Å²) >= 11 is 0. The highest BCUT2D eigenvalue weighted by Gasteiger charge is 2.26. The van der Waals surface area contributed by atoms with Crippen molar-refractivity contribution in [3.05, 3.63) is 41.7 Å². The van der Waals surface area contributed by atoms with Gasteiger partial charge in [-0.3, -0.25) is 9.59 Å². The van der Waals surface area contributed by atoms with E-state index >= 15 is 0 Å². The minimum atomic E-state index is -0.990. The lowest BCUT2D eigenvalue weighted by Crippen LogP contribution is -2.89. The van der Waals surface area contributed by atoms with Crippen LogP contribution < -0.4 is 16.4 Å². The van der Waals surface area contributed by atoms with Crippen molar-refractivity contribution in [1.82, 2.24) is 4.90 Å². The summed E-state index contributed by atoms with van der Waals surface area (Å²) in [6.07, 6.45) is 1.08. The van der Waals surface area contributed by atoms with E-state index in [0.717, 1.165) is 31.4 Å². The van der Waals surface area contributed by atoms with Crippen molar-refractivity contribution in [2.24, 2.45) is 5.73 Å². The zero-order valence-corrected chi connectivity index (χ0v) is 11.8. The number of anilines is 1. The number of piperazine rings is 1. The molecule has 1 amide bonds. The summed E-state index contributed by atoms with van der Waals surface area (Å²) in [6.45, 7) is 2.77. The van der Waals surface area contributed by atoms with Crippen LogP contribution in [0.1, 0.15) is 0 Å². The number of nitrogens with one attached hydrogen (secondary N) is 1. The van der Waals surface area contributed by atoms with Crippen molar-refractivity contribution in [3.8, 4) is 0 Å². The molecule has 0 spiro atoms. The van der Waals surface area contributed by atoms with Gasteiger partial charge in [0.05, 0.1) is 26.2 Å². The van der Waals surface area contributed by atoms with E-state index in [2.05, 4.69) is 10.6 Å². The molecular weight excluding hydrogens is 294 g/mol. The second-order valence-corrected chi connectivity index (χ2v) is 4.85. The highest BCUT2D eigenvalue weighted by Crippen LogP contribution is 2.14. The summed E-state index contributed by atoms with van der Waals surface area (Å²) in [5.41, 5.74) is 5.41. The minimum absolute atomic E-state index is 0.0856. The standard InChI is InChI=1S/C14H16F2N4O2/c15-9-5-10(16)7-11(6-9)19-14(22)13(21)12(8-17)20-3-1-18-2-4-20/h5-8,18H,1-4,17H2,(H,19,22)/p+1. The Morgan fingerprint density at radius 3 is 2.32 bits per heavy atom. The lowest BCUT2D eigenvalue weighted by molar-refractivity contribution is -0.662. The molecule has 0 aromatic heterocycles. The Balaban J connectivity index is 2.08. The zero-order chi connectivity index (χ0) is 16.1. The number of carbonyl (C=O) groups excluding carboxylic acids is 2. The second kappa shape index (κ2) is 6.99. The van der Waals surface area contributed by atoms with Crippen LogP contribution in [0, 0.1) is 11.6 Å². The van der Waals surface area contributed by atoms with Gasteiger partial charge in [-0.05, 0) is 12.1 Å². The van der Waals surface area contributed by atoms with Crippen LogP contribution in [0.4, 0.5) is 14.5 Å². The number of amides is 1. The zero-order valence-electron chi connectivity index (χ0n) is 11.8. The van der Waals surface area contributed by atoms with Gasteiger partial charge in [0.1, 0.15) is 17.3 Å². The Morgan fingerprint density at radius 1 is 1.18 bits per heavy atom. The van der Waals surface area contributed by atoms with Crippen LogP contribution in [-0.2, 0) is 9.59 Å². The molecule has 0 radical (unpaired) electrons. The average Bonchev–Trinajstić information content (AvgIpc) is 2.47. The summed E-state index contributed by atoms with van der Waals surface area (Å²) < 4.78 is 26.2. The van der Waals surface area contributed by atoms with Gasteiger partial charge in [-0.2, -0.15) is 0 Å². The first-order valence-electron chi connectivity index (χ1n) is 6.81. The number of halogens is 2. The summed E-state index contributed by atoms with van der Waals surface area (Å²) in [4.78, 5) is 25.8. The average molecular weight is 311 g/mol. The number of nitrogens with zero attached hydrogens (tertiary/aromatic N) is 1. The molecule has 1 heterocycles. The number of ketones is 1. The van der Waals surface area contributed by atoms with E-state index in [1.165, 1.54) is 0 Å². The fourth-order valence-electron chi connectivity index (χ4n) is 2.25. The lowest BCUT2D eigenvalue weighted by Gasteiger charge is -2.28. The molecule has 1 saturated heterocycles. The van der Waals surface area contributed by atoms with Gasteiger partial charge in [-0.15, -0.1) is 0 Å². The Labute approximate surface area is 126 Å². The molecule has 8 heteroatoms. The van der Waals surface area contributed by atoms with Crippen molar-refractivity contribution in [2.75, 3.05) is 31.5 Å². The molecule has 0 atom stereocenters. The molecular formula is C14H17F2N4O2+. The molecule has 6 nitrogen and oxygen atoms in total. The van der Waals surface area contributed by atoms with Crippen molar-refractivity contribution in [1.29, 1.82) is 0 Å². The van der Waals surface area contributed by atoms with Gasteiger partial charge in [-0.1, -0.05) is 0 Å². The molecule has 118 valence electrons. The van der Waals surface area contributed by atoms with Gasteiger partial charge in [-0.25, -0.2) is 8.78 Å². The van der Waals surface area contributed by atoms with Crippen LogP contribution in [-0.4, -0.2) is 42.8 Å². The lowest BCUT2D eigenvalue weighted by atomic mass is 10.2. The summed E-state index contributed by atoms with van der Waals surface area (Å²) in [7, 11) is 0. The molecule has 0 unspecified atom stereocenters. The first kappa shape index (κ1) is 15.9. The van der Waals surface area contributed by atoms with Gasteiger partial charge < -0.3 is 21.3 Å². The van der Waals surface area contributed by atoms with Gasteiger partial charge in [0, 0.05) is 18.0 Å². The van der Waals surface area contributed by atoms with Crippen LogP contribution >= 0.6 is 0 Å². The van der Waals surface area contributed by atoms with Gasteiger partial charge in [0.15, 0.2) is 0 Å². The quantitative estimate of drug-likeness (QED) is 0.499. The number of benzene rings is 1. The highest BCUT2D eigenvalue weighted by molar-refractivity contribution is 6.46. The first-order valence-corrected chi connectivity index (χ1v) is 6.81. The fourth-order valence-corrected chi connectivity index (χ4v) is 2.25. The van der Waals surface area contributed by atoms with Gasteiger partial charge in [0.2, 0.25) is 0 Å². The minimum Gasteiger partial charge on any atom is -0.403 e. The number of rotatable bonds is 4. The van der Waals surface area contributed by atoms with E-state index in [1.807, 2.05) is 0 Å². The molecule has 1 aliphatic heterocycles. The smallest absolute Gasteiger partial charge is 0.298 e. The number of Topliss-reactive ketones (excluding diaryl/α,β-unsaturated/α-hetero) is 1. The molecule has 0 aliphatic carbocycles. The molecule has 1 fully saturated rings. The van der Waals surface area contributed by atoms with Gasteiger partial charge >= 0.3 is 0 Å². The van der Waals surface area contributed by atoms with Crippen LogP contribution in [0.3, 0.4) is 0 Å². The third-order valence-corrected chi connectivity index (χ3v) is 3.26. The predicted octanol–water partition coefficient (Wildman–Crippen LogP) is -0.848. The SMILES string of the molecule is NC=C(C(=O)C(=O)Nc1cc(F)cc(F)c1)N1CC[NH2+]CC1. The number of nitrogens with two attached hydrogens (primary N) is 2. The molecule has 1 aromatic rings. The second-order valence-electron chi connectivity index (χ2n) is 4.85. The number of carbonyl (C=O) groups is 2. The number of hydrogen-bond donors (Lipinski definition) is 3. The third kappa shape index (κ3) is 3.79. The molecule has 2 rings (SSSR count). The Bertz CT molecular complexity index is 593. The Kier molecular flexibility index (Phi) is 5.05. The normalized spacial score (nSPS) is 15.5. The largest absolute Gasteiger partial charge is 0.403 e. The summed E-state index contributed by atoms with van der Waals surface area (Å²) in [6, 6.07) is 2.53. The predicted molar refractivity (Wildman–Crippen MR) is 75.5 cm³/mol. The van der Waals surface area contributed by atoms with Crippen LogP contribution in [0.15, 0.2) is 30.1 Å².